The highest BCUT2D eigenvalue weighted by Gasteiger charge is 2.13. The van der Waals surface area contributed by atoms with Crippen molar-refractivity contribution in [2.75, 3.05) is 6.61 Å². The number of rotatable bonds is 7. The van der Waals surface area contributed by atoms with Crippen LogP contribution in [0.2, 0.25) is 0 Å². The van der Waals surface area contributed by atoms with Gasteiger partial charge in [-0.2, -0.15) is 0 Å². The number of hydrogen-bond donors (Lipinski definition) is 3. The van der Waals surface area contributed by atoms with Gasteiger partial charge in [0.2, 0.25) is 0 Å². The second-order valence-electron chi connectivity index (χ2n) is 4.64. The van der Waals surface area contributed by atoms with Gasteiger partial charge in [0.15, 0.2) is 0 Å². The van der Waals surface area contributed by atoms with Crippen molar-refractivity contribution in [2.24, 2.45) is 0 Å². The molecule has 1 aromatic heterocycles. The number of benzene rings is 1. The number of nitrogens with one attached hydrogen (secondary N) is 1. The molecule has 3 N–H and O–H groups in total. The first kappa shape index (κ1) is 15.1. The van der Waals surface area contributed by atoms with Crippen LogP contribution >= 0.6 is 0 Å². The number of carboxylic acids is 1. The third-order valence-electron chi connectivity index (χ3n) is 3.13. The second kappa shape index (κ2) is 7.47. The Balaban J connectivity index is 1.99. The topological polar surface area (TPSA) is 95.3 Å². The van der Waals surface area contributed by atoms with Crippen LogP contribution in [0.5, 0.6) is 0 Å². The fourth-order valence-corrected chi connectivity index (χ4v) is 2.02. The van der Waals surface area contributed by atoms with Crippen molar-refractivity contribution in [2.45, 2.75) is 19.0 Å². The molecule has 0 fully saturated rings. The van der Waals surface area contributed by atoms with E-state index in [0.717, 1.165) is 5.56 Å². The Morgan fingerprint density at radius 1 is 1.29 bits per heavy atom. The third-order valence-corrected chi connectivity index (χ3v) is 3.13. The van der Waals surface area contributed by atoms with Gasteiger partial charge in [-0.1, -0.05) is 30.3 Å². The Hall–Kier alpha value is -2.31. The second-order valence-corrected chi connectivity index (χ2v) is 4.64. The lowest BCUT2D eigenvalue weighted by atomic mass is 10.1. The standard InChI is InChI=1S/C15H17N3O3/c19-9-12(6-11-4-2-1-3-5-11)17-8-14-13(15(20)21)7-16-10-18-14/h1-5,7,10,12,17,19H,6,8-9H2,(H,20,21). The highest BCUT2D eigenvalue weighted by molar-refractivity contribution is 5.88. The Morgan fingerprint density at radius 2 is 2.05 bits per heavy atom. The average Bonchev–Trinajstić information content (AvgIpc) is 2.52. The largest absolute Gasteiger partial charge is 0.478 e. The molecular weight excluding hydrogens is 270 g/mol. The molecule has 2 aromatic rings. The summed E-state index contributed by atoms with van der Waals surface area (Å²) in [6, 6.07) is 9.62. The zero-order valence-electron chi connectivity index (χ0n) is 11.4. The van der Waals surface area contributed by atoms with Crippen molar-refractivity contribution < 1.29 is 15.0 Å². The van der Waals surface area contributed by atoms with E-state index in [1.165, 1.54) is 12.5 Å². The maximum Gasteiger partial charge on any atom is 0.339 e. The number of carboxylic acid groups (broad SMARTS) is 1. The minimum absolute atomic E-state index is 0.0393. The molecule has 0 bridgehead atoms. The van der Waals surface area contributed by atoms with E-state index in [2.05, 4.69) is 15.3 Å². The fourth-order valence-electron chi connectivity index (χ4n) is 2.02. The summed E-state index contributed by atoms with van der Waals surface area (Å²) in [5, 5.41) is 21.6. The van der Waals surface area contributed by atoms with Crippen LogP contribution in [0.1, 0.15) is 21.6 Å². The number of nitrogens with zero attached hydrogens (tertiary/aromatic N) is 2. The van der Waals surface area contributed by atoms with Crippen molar-refractivity contribution >= 4 is 5.97 Å². The summed E-state index contributed by atoms with van der Waals surface area (Å²) in [5.74, 6) is -1.06. The van der Waals surface area contributed by atoms with Crippen LogP contribution in [0.15, 0.2) is 42.9 Å². The van der Waals surface area contributed by atoms with E-state index in [4.69, 9.17) is 5.11 Å². The smallest absolute Gasteiger partial charge is 0.339 e. The first-order valence-electron chi connectivity index (χ1n) is 6.61. The van der Waals surface area contributed by atoms with E-state index in [-0.39, 0.29) is 24.8 Å². The maximum absolute atomic E-state index is 11.1. The molecular formula is C15H17N3O3. The summed E-state index contributed by atoms with van der Waals surface area (Å²) >= 11 is 0. The van der Waals surface area contributed by atoms with Gasteiger partial charge >= 0.3 is 5.97 Å². The van der Waals surface area contributed by atoms with E-state index in [9.17, 15) is 9.90 Å². The molecule has 1 atom stereocenters. The van der Waals surface area contributed by atoms with Gasteiger partial charge in [0.1, 0.15) is 11.9 Å². The van der Waals surface area contributed by atoms with Crippen LogP contribution in [0.25, 0.3) is 0 Å². The lowest BCUT2D eigenvalue weighted by molar-refractivity contribution is 0.0694. The monoisotopic (exact) mass is 287 g/mol. The molecule has 6 heteroatoms. The predicted octanol–water partition coefficient (Wildman–Crippen LogP) is 0.868. The van der Waals surface area contributed by atoms with Gasteiger partial charge in [0, 0.05) is 18.8 Å². The summed E-state index contributed by atoms with van der Waals surface area (Å²) in [6.07, 6.45) is 3.25. The zero-order valence-corrected chi connectivity index (χ0v) is 11.4. The van der Waals surface area contributed by atoms with E-state index in [1.807, 2.05) is 30.3 Å². The summed E-state index contributed by atoms with van der Waals surface area (Å²) in [7, 11) is 0. The zero-order chi connectivity index (χ0) is 15.1. The number of aliphatic hydroxyl groups is 1. The summed E-state index contributed by atoms with van der Waals surface area (Å²) in [6.45, 7) is 0.227. The van der Waals surface area contributed by atoms with Crippen molar-refractivity contribution in [1.29, 1.82) is 0 Å². The van der Waals surface area contributed by atoms with Gasteiger partial charge < -0.3 is 15.5 Å². The first-order valence-corrected chi connectivity index (χ1v) is 6.61. The van der Waals surface area contributed by atoms with Crippen molar-refractivity contribution in [3.63, 3.8) is 0 Å². The van der Waals surface area contributed by atoms with Crippen LogP contribution in [0.3, 0.4) is 0 Å². The summed E-state index contributed by atoms with van der Waals surface area (Å²) < 4.78 is 0. The third kappa shape index (κ3) is 4.34. The summed E-state index contributed by atoms with van der Waals surface area (Å²) in [5.41, 5.74) is 1.58. The Morgan fingerprint density at radius 3 is 2.71 bits per heavy atom. The number of aromatic carboxylic acids is 1. The molecule has 0 spiro atoms. The van der Waals surface area contributed by atoms with Gasteiger partial charge in [-0.05, 0) is 12.0 Å². The molecule has 0 aliphatic rings. The molecule has 0 aliphatic carbocycles. The number of hydrogen-bond acceptors (Lipinski definition) is 5. The Bertz CT molecular complexity index is 590. The highest BCUT2D eigenvalue weighted by Crippen LogP contribution is 2.06. The molecule has 0 saturated carbocycles. The first-order chi connectivity index (χ1) is 10.2. The molecule has 0 radical (unpaired) electrons. The van der Waals surface area contributed by atoms with Crippen molar-refractivity contribution in [1.82, 2.24) is 15.3 Å². The number of aliphatic hydroxyl groups excluding tert-OH is 1. The van der Waals surface area contributed by atoms with Crippen LogP contribution in [0.4, 0.5) is 0 Å². The lowest BCUT2D eigenvalue weighted by Gasteiger charge is -2.16. The minimum atomic E-state index is -1.06. The van der Waals surface area contributed by atoms with Crippen LogP contribution in [-0.2, 0) is 13.0 Å². The van der Waals surface area contributed by atoms with E-state index in [1.54, 1.807) is 0 Å². The molecule has 1 aromatic carbocycles. The van der Waals surface area contributed by atoms with Crippen molar-refractivity contribution in [3.8, 4) is 0 Å². The van der Waals surface area contributed by atoms with E-state index >= 15 is 0 Å². The lowest BCUT2D eigenvalue weighted by Crippen LogP contribution is -2.34. The molecule has 21 heavy (non-hydrogen) atoms. The normalized spacial score (nSPS) is 12.0. The van der Waals surface area contributed by atoms with Gasteiger partial charge in [-0.15, -0.1) is 0 Å². The molecule has 1 heterocycles. The van der Waals surface area contributed by atoms with Crippen molar-refractivity contribution in [3.05, 3.63) is 59.7 Å². The maximum atomic E-state index is 11.1. The molecule has 1 unspecified atom stereocenters. The Kier molecular flexibility index (Phi) is 5.36. The van der Waals surface area contributed by atoms with Gasteiger partial charge in [-0.3, -0.25) is 0 Å². The van der Waals surface area contributed by atoms with Crippen LogP contribution in [-0.4, -0.2) is 38.8 Å². The quantitative estimate of drug-likeness (QED) is 0.699. The highest BCUT2D eigenvalue weighted by atomic mass is 16.4. The predicted molar refractivity (Wildman–Crippen MR) is 76.9 cm³/mol. The Labute approximate surface area is 122 Å². The molecule has 2 rings (SSSR count). The molecule has 0 saturated heterocycles. The fraction of sp³-hybridized carbons (Fsp3) is 0.267. The van der Waals surface area contributed by atoms with Gasteiger partial charge in [-0.25, -0.2) is 14.8 Å². The van der Waals surface area contributed by atoms with Gasteiger partial charge in [0.25, 0.3) is 0 Å². The minimum Gasteiger partial charge on any atom is -0.478 e. The molecule has 6 nitrogen and oxygen atoms in total. The number of aromatic nitrogens is 2. The SMILES string of the molecule is O=C(O)c1cncnc1CNC(CO)Cc1ccccc1. The van der Waals surface area contributed by atoms with Crippen LogP contribution in [0, 0.1) is 0 Å². The average molecular weight is 287 g/mol. The van der Waals surface area contributed by atoms with E-state index < -0.39 is 5.97 Å². The number of carbonyl (C=O) groups is 1. The summed E-state index contributed by atoms with van der Waals surface area (Å²) in [4.78, 5) is 18.8. The molecule has 0 amide bonds. The molecule has 0 aliphatic heterocycles. The van der Waals surface area contributed by atoms with Gasteiger partial charge in [0.05, 0.1) is 12.3 Å². The van der Waals surface area contributed by atoms with E-state index in [0.29, 0.717) is 12.1 Å². The van der Waals surface area contributed by atoms with Crippen LogP contribution < -0.4 is 5.32 Å². The molecule has 110 valence electrons.